The maximum absolute atomic E-state index is 11.9. The third-order valence-electron chi connectivity index (χ3n) is 3.75. The van der Waals surface area contributed by atoms with E-state index >= 15 is 0 Å². The number of esters is 1. The van der Waals surface area contributed by atoms with Gasteiger partial charge in [0.15, 0.2) is 0 Å². The van der Waals surface area contributed by atoms with Gasteiger partial charge in [-0.2, -0.15) is 0 Å². The Morgan fingerprint density at radius 1 is 1.24 bits per heavy atom. The zero-order valence-corrected chi connectivity index (χ0v) is 14.1. The summed E-state index contributed by atoms with van der Waals surface area (Å²) in [6.45, 7) is 0. The smallest absolute Gasteiger partial charge is 0.339 e. The van der Waals surface area contributed by atoms with E-state index in [0.29, 0.717) is 17.2 Å². The first-order valence-electron chi connectivity index (χ1n) is 7.58. The molecule has 0 aliphatic heterocycles. The molecule has 0 amide bonds. The van der Waals surface area contributed by atoms with Crippen molar-refractivity contribution >= 4 is 40.0 Å². The van der Waals surface area contributed by atoms with E-state index in [0.717, 1.165) is 21.6 Å². The Hall–Kier alpha value is -3.19. The van der Waals surface area contributed by atoms with Gasteiger partial charge in [0.1, 0.15) is 5.01 Å². The number of nitrogens with one attached hydrogen (secondary N) is 2. The normalized spacial score (nSPS) is 10.8. The summed E-state index contributed by atoms with van der Waals surface area (Å²) >= 11 is 1.59. The number of carbonyl (C=O) groups excluding carboxylic acids is 1. The maximum Gasteiger partial charge on any atom is 0.339 e. The summed E-state index contributed by atoms with van der Waals surface area (Å²) < 4.78 is 4.82. The number of carbonyl (C=O) groups is 1. The molecule has 2 N–H and O–H groups in total. The number of rotatable bonds is 4. The molecule has 124 valence electrons. The molecule has 0 fully saturated rings. The van der Waals surface area contributed by atoms with Crippen LogP contribution in [0.5, 0.6) is 0 Å². The van der Waals surface area contributed by atoms with Gasteiger partial charge < -0.3 is 15.0 Å². The van der Waals surface area contributed by atoms with Crippen molar-refractivity contribution in [2.45, 2.75) is 0 Å². The van der Waals surface area contributed by atoms with Crippen LogP contribution in [0.25, 0.3) is 21.6 Å². The molecule has 0 radical (unpaired) electrons. The van der Waals surface area contributed by atoms with Crippen molar-refractivity contribution in [3.63, 3.8) is 0 Å². The first-order valence-corrected chi connectivity index (χ1v) is 8.46. The SMILES string of the molecule is COC(=O)c1ccccc1Nc1nc2ccc(-c3nccs3)cc2[nH]1. The van der Waals surface area contributed by atoms with Gasteiger partial charge >= 0.3 is 5.97 Å². The van der Waals surface area contributed by atoms with Crippen molar-refractivity contribution in [3.05, 3.63) is 59.6 Å². The minimum Gasteiger partial charge on any atom is -0.465 e. The summed E-state index contributed by atoms with van der Waals surface area (Å²) in [5.74, 6) is 0.160. The molecule has 7 heteroatoms. The lowest BCUT2D eigenvalue weighted by atomic mass is 10.2. The lowest BCUT2D eigenvalue weighted by molar-refractivity contribution is 0.0602. The molecule has 0 aliphatic rings. The number of para-hydroxylation sites is 1. The standard InChI is InChI=1S/C18H14N4O2S/c1-24-17(23)12-4-2-3-5-13(12)20-18-21-14-7-6-11(10-15(14)22-18)16-19-8-9-25-16/h2-10H,1H3,(H2,20,21,22). The molecule has 6 nitrogen and oxygen atoms in total. The number of thiazole rings is 1. The summed E-state index contributed by atoms with van der Waals surface area (Å²) in [5, 5.41) is 6.06. The molecule has 0 spiro atoms. The number of aromatic nitrogens is 3. The molecule has 0 saturated carbocycles. The van der Waals surface area contributed by atoms with Crippen LogP contribution in [0, 0.1) is 0 Å². The summed E-state index contributed by atoms with van der Waals surface area (Å²) in [4.78, 5) is 24.0. The van der Waals surface area contributed by atoms with Crippen LogP contribution in [-0.2, 0) is 4.74 Å². The van der Waals surface area contributed by atoms with Crippen LogP contribution < -0.4 is 5.32 Å². The number of aromatic amines is 1. The minimum atomic E-state index is -0.398. The number of H-pyrrole nitrogens is 1. The van der Waals surface area contributed by atoms with E-state index in [-0.39, 0.29) is 0 Å². The lowest BCUT2D eigenvalue weighted by Gasteiger charge is -2.07. The monoisotopic (exact) mass is 350 g/mol. The third kappa shape index (κ3) is 2.97. The van der Waals surface area contributed by atoms with Gasteiger partial charge in [-0.05, 0) is 30.3 Å². The second-order valence-electron chi connectivity index (χ2n) is 5.32. The van der Waals surface area contributed by atoms with E-state index in [9.17, 15) is 4.79 Å². The zero-order valence-electron chi connectivity index (χ0n) is 13.3. The highest BCUT2D eigenvalue weighted by Crippen LogP contribution is 2.27. The van der Waals surface area contributed by atoms with Crippen molar-refractivity contribution in [3.8, 4) is 10.6 Å². The maximum atomic E-state index is 11.9. The Morgan fingerprint density at radius 2 is 2.12 bits per heavy atom. The number of ether oxygens (including phenoxy) is 1. The van der Waals surface area contributed by atoms with Crippen LogP contribution in [0.15, 0.2) is 54.0 Å². The lowest BCUT2D eigenvalue weighted by Crippen LogP contribution is -2.05. The van der Waals surface area contributed by atoms with E-state index < -0.39 is 5.97 Å². The van der Waals surface area contributed by atoms with Crippen molar-refractivity contribution in [1.82, 2.24) is 15.0 Å². The van der Waals surface area contributed by atoms with Crippen molar-refractivity contribution in [1.29, 1.82) is 0 Å². The highest BCUT2D eigenvalue weighted by molar-refractivity contribution is 7.13. The summed E-state index contributed by atoms with van der Waals surface area (Å²) in [7, 11) is 1.36. The van der Waals surface area contributed by atoms with Crippen LogP contribution >= 0.6 is 11.3 Å². The predicted molar refractivity (Wildman–Crippen MR) is 98.3 cm³/mol. The molecule has 0 aliphatic carbocycles. The Morgan fingerprint density at radius 3 is 2.92 bits per heavy atom. The number of hydrogen-bond acceptors (Lipinski definition) is 6. The fourth-order valence-corrected chi connectivity index (χ4v) is 3.21. The minimum absolute atomic E-state index is 0.398. The van der Waals surface area contributed by atoms with Gasteiger partial charge in [0.2, 0.25) is 5.95 Å². The van der Waals surface area contributed by atoms with Gasteiger partial charge in [-0.1, -0.05) is 12.1 Å². The largest absolute Gasteiger partial charge is 0.465 e. The van der Waals surface area contributed by atoms with E-state index in [4.69, 9.17) is 4.74 Å². The molecular weight excluding hydrogens is 336 g/mol. The molecule has 25 heavy (non-hydrogen) atoms. The molecule has 0 saturated heterocycles. The molecular formula is C18H14N4O2S. The quantitative estimate of drug-likeness (QED) is 0.539. The number of imidazole rings is 1. The van der Waals surface area contributed by atoms with Gasteiger partial charge in [-0.3, -0.25) is 0 Å². The van der Waals surface area contributed by atoms with Gasteiger partial charge in [0.05, 0.1) is 29.4 Å². The molecule has 4 rings (SSSR count). The van der Waals surface area contributed by atoms with Crippen LogP contribution in [-0.4, -0.2) is 28.0 Å². The van der Waals surface area contributed by atoms with Crippen molar-refractivity contribution in [2.24, 2.45) is 0 Å². The summed E-state index contributed by atoms with van der Waals surface area (Å²) in [6.07, 6.45) is 1.79. The van der Waals surface area contributed by atoms with E-state index in [1.807, 2.05) is 29.6 Å². The highest BCUT2D eigenvalue weighted by Gasteiger charge is 2.13. The first-order chi connectivity index (χ1) is 12.2. The third-order valence-corrected chi connectivity index (χ3v) is 4.57. The van der Waals surface area contributed by atoms with E-state index in [1.165, 1.54) is 7.11 Å². The number of fused-ring (bicyclic) bond motifs is 1. The van der Waals surface area contributed by atoms with E-state index in [2.05, 4.69) is 20.3 Å². The molecule has 0 bridgehead atoms. The average Bonchev–Trinajstić information content (AvgIpc) is 3.30. The topological polar surface area (TPSA) is 79.9 Å². The first kappa shape index (κ1) is 15.3. The molecule has 0 atom stereocenters. The second kappa shape index (κ2) is 6.37. The molecule has 4 aromatic rings. The predicted octanol–water partition coefficient (Wildman–Crippen LogP) is 4.22. The Balaban J connectivity index is 1.68. The fraction of sp³-hybridized carbons (Fsp3) is 0.0556. The van der Waals surface area contributed by atoms with Gasteiger partial charge in [0.25, 0.3) is 0 Å². The Kier molecular flexibility index (Phi) is 3.91. The van der Waals surface area contributed by atoms with E-state index in [1.54, 1.807) is 35.7 Å². The Bertz CT molecular complexity index is 1040. The van der Waals surface area contributed by atoms with Crippen LogP contribution in [0.2, 0.25) is 0 Å². The van der Waals surface area contributed by atoms with Crippen LogP contribution in [0.3, 0.4) is 0 Å². The molecule has 2 aromatic carbocycles. The number of benzene rings is 2. The Labute approximate surface area is 147 Å². The molecule has 2 aromatic heterocycles. The summed E-state index contributed by atoms with van der Waals surface area (Å²) in [6, 6.07) is 13.1. The second-order valence-corrected chi connectivity index (χ2v) is 6.21. The van der Waals surface area contributed by atoms with Crippen molar-refractivity contribution in [2.75, 3.05) is 12.4 Å². The summed E-state index contributed by atoms with van der Waals surface area (Å²) in [5.41, 5.74) is 3.85. The van der Waals surface area contributed by atoms with Gasteiger partial charge in [-0.15, -0.1) is 11.3 Å². The number of hydrogen-bond donors (Lipinski definition) is 2. The van der Waals surface area contributed by atoms with Crippen molar-refractivity contribution < 1.29 is 9.53 Å². The number of nitrogens with zero attached hydrogens (tertiary/aromatic N) is 2. The van der Waals surface area contributed by atoms with Gasteiger partial charge in [-0.25, -0.2) is 14.8 Å². The number of anilines is 2. The fourth-order valence-electron chi connectivity index (χ4n) is 2.58. The van der Waals surface area contributed by atoms with Crippen LogP contribution in [0.4, 0.5) is 11.6 Å². The highest BCUT2D eigenvalue weighted by atomic mass is 32.1. The zero-order chi connectivity index (χ0) is 17.2. The van der Waals surface area contributed by atoms with Gasteiger partial charge in [0, 0.05) is 17.1 Å². The van der Waals surface area contributed by atoms with Crippen LogP contribution in [0.1, 0.15) is 10.4 Å². The molecule has 0 unspecified atom stereocenters. The number of methoxy groups -OCH3 is 1. The average molecular weight is 350 g/mol. The molecule has 2 heterocycles.